The summed E-state index contributed by atoms with van der Waals surface area (Å²) in [5.41, 5.74) is 0. The van der Waals surface area contributed by atoms with Gasteiger partial charge in [-0.2, -0.15) is 11.8 Å². The smallest absolute Gasteiger partial charge is 0.00466 e. The third kappa shape index (κ3) is 7.69. The second-order valence-corrected chi connectivity index (χ2v) is 5.37. The van der Waals surface area contributed by atoms with Gasteiger partial charge in [0, 0.05) is 6.04 Å². The van der Waals surface area contributed by atoms with E-state index in [-0.39, 0.29) is 0 Å². The minimum absolute atomic E-state index is 0.689. The summed E-state index contributed by atoms with van der Waals surface area (Å²) in [7, 11) is 0. The van der Waals surface area contributed by atoms with Crippen LogP contribution in [0.2, 0.25) is 0 Å². The Hall–Kier alpha value is 0.310. The summed E-state index contributed by atoms with van der Waals surface area (Å²) in [5.74, 6) is 3.42. The molecule has 14 heavy (non-hydrogen) atoms. The number of hydrogen-bond donors (Lipinski definition) is 1. The second kappa shape index (κ2) is 9.85. The lowest BCUT2D eigenvalue weighted by Crippen LogP contribution is -2.31. The van der Waals surface area contributed by atoms with Crippen LogP contribution in [-0.4, -0.2) is 24.1 Å². The van der Waals surface area contributed by atoms with E-state index in [1.165, 1.54) is 37.3 Å². The van der Waals surface area contributed by atoms with Gasteiger partial charge in [0.2, 0.25) is 0 Å². The molecule has 0 aromatic carbocycles. The van der Waals surface area contributed by atoms with E-state index >= 15 is 0 Å². The molecular weight excluding hydrogens is 190 g/mol. The topological polar surface area (TPSA) is 12.0 Å². The van der Waals surface area contributed by atoms with Crippen molar-refractivity contribution in [1.82, 2.24) is 5.32 Å². The third-order valence-corrected chi connectivity index (χ3v) is 3.74. The fraction of sp³-hybridized carbons (Fsp3) is 1.00. The fourth-order valence-corrected chi connectivity index (χ4v) is 2.26. The summed E-state index contributed by atoms with van der Waals surface area (Å²) in [6.45, 7) is 10.3. The monoisotopic (exact) mass is 217 g/mol. The summed E-state index contributed by atoms with van der Waals surface area (Å²) in [4.78, 5) is 0. The van der Waals surface area contributed by atoms with Gasteiger partial charge in [0.25, 0.3) is 0 Å². The van der Waals surface area contributed by atoms with E-state index in [9.17, 15) is 0 Å². The molecule has 0 heterocycles. The molecule has 0 rings (SSSR count). The van der Waals surface area contributed by atoms with Crippen LogP contribution < -0.4 is 5.32 Å². The van der Waals surface area contributed by atoms with Gasteiger partial charge in [-0.25, -0.2) is 0 Å². The van der Waals surface area contributed by atoms with Crippen molar-refractivity contribution in [2.24, 2.45) is 5.92 Å². The molecule has 0 bridgehead atoms. The summed E-state index contributed by atoms with van der Waals surface area (Å²) in [5, 5.41) is 3.63. The molecule has 0 aliphatic carbocycles. The first-order valence-corrected chi connectivity index (χ1v) is 7.21. The maximum absolute atomic E-state index is 3.63. The lowest BCUT2D eigenvalue weighted by molar-refractivity contribution is 0.414. The first kappa shape index (κ1) is 14.3. The van der Waals surface area contributed by atoms with Crippen molar-refractivity contribution in [3.8, 4) is 0 Å². The van der Waals surface area contributed by atoms with Crippen LogP contribution in [0, 0.1) is 5.92 Å². The molecule has 86 valence electrons. The molecule has 0 saturated carbocycles. The van der Waals surface area contributed by atoms with Gasteiger partial charge < -0.3 is 5.32 Å². The van der Waals surface area contributed by atoms with Gasteiger partial charge >= 0.3 is 0 Å². The predicted octanol–water partition coefficient (Wildman–Crippen LogP) is 3.54. The highest BCUT2D eigenvalue weighted by molar-refractivity contribution is 7.99. The van der Waals surface area contributed by atoms with E-state index < -0.39 is 0 Å². The van der Waals surface area contributed by atoms with Gasteiger partial charge in [-0.15, -0.1) is 0 Å². The van der Waals surface area contributed by atoms with Gasteiger partial charge in [0.05, 0.1) is 0 Å². The van der Waals surface area contributed by atoms with Crippen molar-refractivity contribution in [1.29, 1.82) is 0 Å². The molecule has 0 amide bonds. The van der Waals surface area contributed by atoms with Gasteiger partial charge in [0.15, 0.2) is 0 Å². The highest BCUT2D eigenvalue weighted by atomic mass is 32.2. The Bertz CT molecular complexity index is 113. The Balaban J connectivity index is 3.37. The Kier molecular flexibility index (Phi) is 10.1. The van der Waals surface area contributed by atoms with Crippen molar-refractivity contribution >= 4 is 11.8 Å². The molecule has 0 aromatic rings. The van der Waals surface area contributed by atoms with Crippen molar-refractivity contribution in [2.75, 3.05) is 18.1 Å². The number of nitrogens with one attached hydrogen (secondary N) is 1. The van der Waals surface area contributed by atoms with Gasteiger partial charge in [0.1, 0.15) is 0 Å². The second-order valence-electron chi connectivity index (χ2n) is 3.98. The van der Waals surface area contributed by atoms with Crippen molar-refractivity contribution in [2.45, 2.75) is 53.0 Å². The van der Waals surface area contributed by atoms with E-state index in [0.29, 0.717) is 6.04 Å². The van der Waals surface area contributed by atoms with E-state index in [4.69, 9.17) is 0 Å². The van der Waals surface area contributed by atoms with Crippen molar-refractivity contribution in [3.05, 3.63) is 0 Å². The molecule has 0 saturated heterocycles. The van der Waals surface area contributed by atoms with Crippen LogP contribution in [0.15, 0.2) is 0 Å². The largest absolute Gasteiger partial charge is 0.314 e. The first-order valence-electron chi connectivity index (χ1n) is 6.05. The van der Waals surface area contributed by atoms with Crippen LogP contribution in [0.3, 0.4) is 0 Å². The molecule has 2 heteroatoms. The van der Waals surface area contributed by atoms with Crippen LogP contribution in [0.25, 0.3) is 0 Å². The highest BCUT2D eigenvalue weighted by Crippen LogP contribution is 2.07. The Morgan fingerprint density at radius 1 is 1.14 bits per heavy atom. The molecule has 0 spiro atoms. The highest BCUT2D eigenvalue weighted by Gasteiger charge is 2.05. The maximum atomic E-state index is 3.63. The lowest BCUT2D eigenvalue weighted by Gasteiger charge is -2.18. The van der Waals surface area contributed by atoms with Crippen LogP contribution in [0.4, 0.5) is 0 Å². The maximum Gasteiger partial charge on any atom is 0.00466 e. The quantitative estimate of drug-likeness (QED) is 0.593. The number of thioether (sulfide) groups is 1. The first-order chi connectivity index (χ1) is 6.74. The molecule has 0 fully saturated rings. The molecule has 1 atom stereocenters. The van der Waals surface area contributed by atoms with Gasteiger partial charge in [-0.3, -0.25) is 0 Å². The minimum Gasteiger partial charge on any atom is -0.314 e. The van der Waals surface area contributed by atoms with E-state index in [1.54, 1.807) is 0 Å². The molecule has 0 aromatic heterocycles. The summed E-state index contributed by atoms with van der Waals surface area (Å²) < 4.78 is 0. The number of rotatable bonds is 9. The van der Waals surface area contributed by atoms with E-state index in [1.807, 2.05) is 11.8 Å². The Labute approximate surface area is 94.4 Å². The molecule has 0 aliphatic heterocycles. The van der Waals surface area contributed by atoms with Crippen LogP contribution >= 0.6 is 11.8 Å². The molecule has 1 nitrogen and oxygen atoms in total. The SMILES string of the molecule is CCSCCC(C)NCC(CC)CC. The number of hydrogen-bond acceptors (Lipinski definition) is 2. The minimum atomic E-state index is 0.689. The van der Waals surface area contributed by atoms with Crippen LogP contribution in [0.1, 0.15) is 47.0 Å². The van der Waals surface area contributed by atoms with E-state index in [2.05, 4.69) is 33.0 Å². The molecule has 1 unspecified atom stereocenters. The Morgan fingerprint density at radius 3 is 2.29 bits per heavy atom. The van der Waals surface area contributed by atoms with Gasteiger partial charge in [-0.1, -0.05) is 33.6 Å². The molecule has 0 aliphatic rings. The van der Waals surface area contributed by atoms with Crippen LogP contribution in [0.5, 0.6) is 0 Å². The summed E-state index contributed by atoms with van der Waals surface area (Å²) >= 11 is 2.04. The normalized spacial score (nSPS) is 13.5. The van der Waals surface area contributed by atoms with E-state index in [0.717, 1.165) is 5.92 Å². The zero-order valence-electron chi connectivity index (χ0n) is 10.3. The summed E-state index contributed by atoms with van der Waals surface area (Å²) in [6.07, 6.45) is 3.92. The third-order valence-electron chi connectivity index (χ3n) is 2.81. The average Bonchev–Trinajstić information content (AvgIpc) is 2.20. The predicted molar refractivity (Wildman–Crippen MR) is 69.2 cm³/mol. The molecular formula is C12H27NS. The fourth-order valence-electron chi connectivity index (χ4n) is 1.45. The molecule has 0 radical (unpaired) electrons. The Morgan fingerprint density at radius 2 is 1.79 bits per heavy atom. The zero-order chi connectivity index (χ0) is 10.8. The zero-order valence-corrected chi connectivity index (χ0v) is 11.1. The van der Waals surface area contributed by atoms with Crippen molar-refractivity contribution in [3.63, 3.8) is 0 Å². The average molecular weight is 217 g/mol. The lowest BCUT2D eigenvalue weighted by atomic mass is 10.0. The molecule has 1 N–H and O–H groups in total. The standard InChI is InChI=1S/C12H27NS/c1-5-12(6-2)10-13-11(4)8-9-14-7-3/h11-13H,5-10H2,1-4H3. The van der Waals surface area contributed by atoms with Crippen molar-refractivity contribution < 1.29 is 0 Å². The summed E-state index contributed by atoms with van der Waals surface area (Å²) in [6, 6.07) is 0.689. The van der Waals surface area contributed by atoms with Crippen LogP contribution in [-0.2, 0) is 0 Å². The van der Waals surface area contributed by atoms with Gasteiger partial charge in [-0.05, 0) is 37.3 Å².